The third kappa shape index (κ3) is 3.49. The molecule has 3 aliphatic rings. The first-order valence-electron chi connectivity index (χ1n) is 16.2. The number of nitrogens with zero attached hydrogens (tertiary/aromatic N) is 4. The van der Waals surface area contributed by atoms with E-state index in [2.05, 4.69) is 120 Å². The first-order chi connectivity index (χ1) is 22.7. The predicted molar refractivity (Wildman–Crippen MR) is 186 cm³/mol. The monoisotopic (exact) mass is 618 g/mol. The van der Waals surface area contributed by atoms with Crippen LogP contribution in [0.25, 0.3) is 55.5 Å². The molecule has 7 heteroatoms. The number of aromatic nitrogens is 2. The smallest absolute Gasteiger partial charge is 0.332 e. The van der Waals surface area contributed by atoms with Crippen LogP contribution in [0.4, 0.5) is 4.79 Å². The molecule has 0 N–H and O–H groups in total. The van der Waals surface area contributed by atoms with Crippen molar-refractivity contribution in [3.63, 3.8) is 0 Å². The molecular weight excluding hydrogens is 584 g/mol. The van der Waals surface area contributed by atoms with Crippen LogP contribution in [0, 0.1) is 17.3 Å². The average Bonchev–Trinajstić information content (AvgIpc) is 3.41. The molecule has 0 radical (unpaired) electrons. The summed E-state index contributed by atoms with van der Waals surface area (Å²) in [6, 6.07) is 24.9. The van der Waals surface area contributed by atoms with Crippen LogP contribution in [0.5, 0.6) is 0 Å². The number of allylic oxidation sites excluding steroid dienone is 4. The molecule has 0 bridgehead atoms. The minimum atomic E-state index is -0.766. The second-order valence-electron chi connectivity index (χ2n) is 13.4. The number of carbonyl (C=O) groups excluding carboxylic acids is 3. The van der Waals surface area contributed by atoms with E-state index in [4.69, 9.17) is 0 Å². The first kappa shape index (κ1) is 27.8. The SMILES string of the molecule is CN1C(=O)C2C(C(=O)N(C)C1=O)C21/C(=C\C=c2\c3cccc4cccc(c43)n2C)CC/C1=C/C=c1/c2cccc3cccc(c32)n1C. The number of amides is 4. The summed E-state index contributed by atoms with van der Waals surface area (Å²) in [6.07, 6.45) is 10.1. The molecule has 2 aliphatic carbocycles. The fourth-order valence-corrected chi connectivity index (χ4v) is 9.04. The highest BCUT2D eigenvalue weighted by molar-refractivity contribution is 6.13. The van der Waals surface area contributed by atoms with Gasteiger partial charge in [-0.3, -0.25) is 19.4 Å². The van der Waals surface area contributed by atoms with Crippen molar-refractivity contribution in [3.8, 4) is 0 Å². The van der Waals surface area contributed by atoms with Gasteiger partial charge in [-0.25, -0.2) is 4.79 Å². The maximum Gasteiger partial charge on any atom is 0.332 e. The molecule has 4 amide bonds. The minimum Gasteiger partial charge on any atom is -0.344 e. The summed E-state index contributed by atoms with van der Waals surface area (Å²) in [5.41, 5.74) is 3.71. The lowest BCUT2D eigenvalue weighted by Crippen LogP contribution is -2.44. The topological polar surface area (TPSA) is 67.6 Å². The van der Waals surface area contributed by atoms with Crippen molar-refractivity contribution in [2.24, 2.45) is 31.3 Å². The van der Waals surface area contributed by atoms with Crippen molar-refractivity contribution in [1.29, 1.82) is 0 Å². The summed E-state index contributed by atoms with van der Waals surface area (Å²) < 4.78 is 4.43. The van der Waals surface area contributed by atoms with Crippen molar-refractivity contribution < 1.29 is 14.4 Å². The minimum absolute atomic E-state index is 0.290. The molecule has 7 nitrogen and oxygen atoms in total. The van der Waals surface area contributed by atoms with Gasteiger partial charge in [-0.2, -0.15) is 0 Å². The van der Waals surface area contributed by atoms with E-state index in [1.54, 1.807) is 0 Å². The molecule has 47 heavy (non-hydrogen) atoms. The Morgan fingerprint density at radius 1 is 0.574 bits per heavy atom. The van der Waals surface area contributed by atoms with E-state index in [0.29, 0.717) is 0 Å². The Bertz CT molecular complexity index is 2380. The Morgan fingerprint density at radius 2 is 0.979 bits per heavy atom. The molecule has 2 aromatic heterocycles. The molecule has 1 spiro atoms. The molecule has 2 atom stereocenters. The lowest BCUT2D eigenvalue weighted by molar-refractivity contribution is -0.129. The summed E-state index contributed by atoms with van der Waals surface area (Å²) in [5.74, 6) is -1.81. The van der Waals surface area contributed by atoms with Gasteiger partial charge in [0.1, 0.15) is 0 Å². The second kappa shape index (κ2) is 9.55. The van der Waals surface area contributed by atoms with E-state index in [9.17, 15) is 14.4 Å². The average molecular weight is 619 g/mol. The number of urea groups is 1. The van der Waals surface area contributed by atoms with Crippen LogP contribution in [0.3, 0.4) is 0 Å². The van der Waals surface area contributed by atoms with E-state index < -0.39 is 23.3 Å². The van der Waals surface area contributed by atoms with E-state index in [-0.39, 0.29) is 11.8 Å². The molecule has 3 fully saturated rings. The molecule has 232 valence electrons. The summed E-state index contributed by atoms with van der Waals surface area (Å²) >= 11 is 0. The third-order valence-electron chi connectivity index (χ3n) is 11.3. The molecule has 2 saturated carbocycles. The summed E-state index contributed by atoms with van der Waals surface area (Å²) in [4.78, 5) is 43.1. The molecule has 2 unspecified atom stereocenters. The van der Waals surface area contributed by atoms with Crippen molar-refractivity contribution >= 4 is 73.3 Å². The molecule has 6 aromatic rings. The summed E-state index contributed by atoms with van der Waals surface area (Å²) in [7, 11) is 7.15. The van der Waals surface area contributed by atoms with Gasteiger partial charge in [0.2, 0.25) is 11.8 Å². The predicted octanol–water partition coefficient (Wildman–Crippen LogP) is 5.60. The van der Waals surface area contributed by atoms with Crippen LogP contribution in [-0.4, -0.2) is 50.9 Å². The number of hydrogen-bond acceptors (Lipinski definition) is 3. The third-order valence-corrected chi connectivity index (χ3v) is 11.3. The van der Waals surface area contributed by atoms with E-state index >= 15 is 0 Å². The van der Waals surface area contributed by atoms with Crippen LogP contribution < -0.4 is 10.7 Å². The van der Waals surface area contributed by atoms with Crippen molar-refractivity contribution in [3.05, 3.63) is 107 Å². The van der Waals surface area contributed by atoms with E-state index in [1.807, 2.05) is 0 Å². The van der Waals surface area contributed by atoms with Crippen molar-refractivity contribution in [1.82, 2.24) is 18.9 Å². The fraction of sp³-hybridized carbons (Fsp3) is 0.225. The number of fused-ring (bicyclic) bond motifs is 3. The van der Waals surface area contributed by atoms with Crippen LogP contribution in [0.2, 0.25) is 0 Å². The van der Waals surface area contributed by atoms with Crippen LogP contribution >= 0.6 is 0 Å². The standard InChI is InChI=1S/C40H34N4O3/c1-41-29(27-13-5-9-23-11-7-15-31(41)33(23)27)21-19-25-17-18-26(40(25)35-36(40)38(46)44(4)39(47)43(3)37(35)45)20-22-30-28-14-6-10-24-12-8-16-32(34(24)28)42(30)2/h5-16,19-22,35-36H,17-18H2,1-4H3/b25-19-,26-20-,29-21-,30-22-. The zero-order valence-corrected chi connectivity index (χ0v) is 26.8. The Balaban J connectivity index is 1.26. The molecule has 3 heterocycles. The largest absolute Gasteiger partial charge is 0.344 e. The maximum absolute atomic E-state index is 13.9. The summed E-state index contributed by atoms with van der Waals surface area (Å²) in [5, 5.41) is 9.37. The highest BCUT2D eigenvalue weighted by Gasteiger charge is 2.77. The fourth-order valence-electron chi connectivity index (χ4n) is 9.04. The van der Waals surface area contributed by atoms with Crippen molar-refractivity contribution in [2.45, 2.75) is 12.8 Å². The number of carbonyl (C=O) groups is 3. The molecular formula is C40H34N4O3. The van der Waals surface area contributed by atoms with Crippen LogP contribution in [0.1, 0.15) is 12.8 Å². The number of aryl methyl sites for hydroxylation is 2. The van der Waals surface area contributed by atoms with Gasteiger partial charge < -0.3 is 9.13 Å². The maximum atomic E-state index is 13.9. The van der Waals surface area contributed by atoms with Gasteiger partial charge in [-0.1, -0.05) is 84.0 Å². The van der Waals surface area contributed by atoms with Crippen molar-refractivity contribution in [2.75, 3.05) is 14.1 Å². The molecule has 1 saturated heterocycles. The lowest BCUT2D eigenvalue weighted by Gasteiger charge is -2.24. The lowest BCUT2D eigenvalue weighted by atomic mass is 9.88. The quantitative estimate of drug-likeness (QED) is 0.254. The highest BCUT2D eigenvalue weighted by Crippen LogP contribution is 2.73. The second-order valence-corrected chi connectivity index (χ2v) is 13.4. The zero-order valence-electron chi connectivity index (χ0n) is 26.8. The Labute approximate surface area is 271 Å². The zero-order chi connectivity index (χ0) is 32.4. The van der Waals surface area contributed by atoms with Crippen LogP contribution in [-0.2, 0) is 23.7 Å². The van der Waals surface area contributed by atoms with Gasteiger partial charge in [0, 0.05) is 76.9 Å². The van der Waals surface area contributed by atoms with Gasteiger partial charge in [-0.05, 0) is 47.9 Å². The first-order valence-corrected chi connectivity index (χ1v) is 16.2. The molecule has 1 aliphatic heterocycles. The Kier molecular flexibility index (Phi) is 5.66. The molecule has 9 rings (SSSR count). The highest BCUT2D eigenvalue weighted by atomic mass is 16.2. The number of hydrogen-bond donors (Lipinski definition) is 0. The Hall–Kier alpha value is -5.43. The van der Waals surface area contributed by atoms with Gasteiger partial charge in [0.15, 0.2) is 0 Å². The Morgan fingerprint density at radius 3 is 1.40 bits per heavy atom. The number of rotatable bonds is 2. The number of benzene rings is 4. The van der Waals surface area contributed by atoms with Crippen LogP contribution in [0.15, 0.2) is 96.1 Å². The normalized spacial score (nSPS) is 25.7. The summed E-state index contributed by atoms with van der Waals surface area (Å²) in [6.45, 7) is 0. The number of imide groups is 2. The van der Waals surface area contributed by atoms with Gasteiger partial charge in [-0.15, -0.1) is 0 Å². The van der Waals surface area contributed by atoms with E-state index in [0.717, 1.165) is 55.5 Å². The molecule has 4 aromatic carbocycles. The van der Waals surface area contributed by atoms with Gasteiger partial charge in [0.25, 0.3) is 0 Å². The van der Waals surface area contributed by atoms with Gasteiger partial charge >= 0.3 is 6.03 Å². The van der Waals surface area contributed by atoms with Gasteiger partial charge in [0.05, 0.1) is 11.8 Å². The van der Waals surface area contributed by atoms with E-state index in [1.165, 1.54) is 46.4 Å².